The molecule has 0 bridgehead atoms. The van der Waals surface area contributed by atoms with Crippen LogP contribution in [0.15, 0.2) is 41.1 Å². The number of hydrogen-bond acceptors (Lipinski definition) is 2. The molecule has 2 rings (SSSR count). The molecule has 0 aliphatic carbocycles. The molecule has 0 aliphatic heterocycles. The van der Waals surface area contributed by atoms with Gasteiger partial charge >= 0.3 is 6.18 Å². The van der Waals surface area contributed by atoms with Crippen LogP contribution >= 0.6 is 15.9 Å². The molecule has 2 nitrogen and oxygen atoms in total. The minimum atomic E-state index is -4.68. The van der Waals surface area contributed by atoms with Gasteiger partial charge in [-0.2, -0.15) is 13.2 Å². The molecule has 0 unspecified atom stereocenters. The Labute approximate surface area is 119 Å². The Morgan fingerprint density at radius 1 is 1.20 bits per heavy atom. The molecule has 0 atom stereocenters. The van der Waals surface area contributed by atoms with E-state index in [9.17, 15) is 22.4 Å². The molecule has 0 fully saturated rings. The predicted octanol–water partition coefficient (Wildman–Crippen LogP) is 4.23. The zero-order chi connectivity index (χ0) is 14.9. The van der Waals surface area contributed by atoms with E-state index in [2.05, 4.69) is 20.9 Å². The van der Waals surface area contributed by atoms with E-state index < -0.39 is 28.9 Å². The first-order chi connectivity index (χ1) is 9.29. The van der Waals surface area contributed by atoms with Gasteiger partial charge in [0.1, 0.15) is 5.82 Å². The summed E-state index contributed by atoms with van der Waals surface area (Å²) in [5.74, 6) is -1.66. The van der Waals surface area contributed by atoms with Crippen molar-refractivity contribution in [2.45, 2.75) is 6.18 Å². The highest BCUT2D eigenvalue weighted by molar-refractivity contribution is 9.10. The van der Waals surface area contributed by atoms with E-state index in [4.69, 9.17) is 0 Å². The summed E-state index contributed by atoms with van der Waals surface area (Å²) in [5, 5.41) is 0. The first-order valence-corrected chi connectivity index (χ1v) is 6.10. The third-order valence-corrected chi connectivity index (χ3v) is 2.95. The summed E-state index contributed by atoms with van der Waals surface area (Å²) < 4.78 is 51.9. The van der Waals surface area contributed by atoms with Crippen LogP contribution in [0.2, 0.25) is 0 Å². The van der Waals surface area contributed by atoms with Crippen LogP contribution in [-0.2, 0) is 6.18 Å². The van der Waals surface area contributed by atoms with Gasteiger partial charge in [-0.3, -0.25) is 9.78 Å². The van der Waals surface area contributed by atoms with Crippen LogP contribution in [0.1, 0.15) is 21.5 Å². The number of rotatable bonds is 2. The Balaban J connectivity index is 2.54. The van der Waals surface area contributed by atoms with Gasteiger partial charge in [-0.05, 0) is 24.3 Å². The molecule has 1 aromatic heterocycles. The Hall–Kier alpha value is -1.76. The molecule has 0 aliphatic rings. The predicted molar refractivity (Wildman–Crippen MR) is 66.8 cm³/mol. The molecular weight excluding hydrogens is 342 g/mol. The summed E-state index contributed by atoms with van der Waals surface area (Å²) in [6.07, 6.45) is -2.91. The van der Waals surface area contributed by atoms with Crippen molar-refractivity contribution in [1.29, 1.82) is 0 Å². The number of nitrogens with zero attached hydrogens (tertiary/aromatic N) is 1. The van der Waals surface area contributed by atoms with Gasteiger partial charge in [0.15, 0.2) is 5.78 Å². The normalized spacial score (nSPS) is 11.4. The van der Waals surface area contributed by atoms with Crippen LogP contribution in [0, 0.1) is 5.82 Å². The average Bonchev–Trinajstić information content (AvgIpc) is 2.35. The zero-order valence-electron chi connectivity index (χ0n) is 9.71. The number of alkyl halides is 3. The number of pyridine rings is 1. The van der Waals surface area contributed by atoms with Crippen molar-refractivity contribution in [3.63, 3.8) is 0 Å². The van der Waals surface area contributed by atoms with Crippen molar-refractivity contribution in [3.8, 4) is 0 Å². The van der Waals surface area contributed by atoms with E-state index in [1.54, 1.807) is 0 Å². The van der Waals surface area contributed by atoms with Crippen molar-refractivity contribution in [2.24, 2.45) is 0 Å². The number of hydrogen-bond donors (Lipinski definition) is 0. The first kappa shape index (κ1) is 14.6. The quantitative estimate of drug-likeness (QED) is 0.601. The summed E-state index contributed by atoms with van der Waals surface area (Å²) in [6.45, 7) is 0. The van der Waals surface area contributed by atoms with E-state index in [-0.39, 0.29) is 10.0 Å². The van der Waals surface area contributed by atoms with Crippen molar-refractivity contribution in [3.05, 3.63) is 63.6 Å². The Kier molecular flexibility index (Phi) is 3.89. The molecule has 0 spiro atoms. The van der Waals surface area contributed by atoms with Crippen molar-refractivity contribution in [2.75, 3.05) is 0 Å². The van der Waals surface area contributed by atoms with Gasteiger partial charge in [0.05, 0.1) is 11.1 Å². The fourth-order valence-electron chi connectivity index (χ4n) is 1.66. The van der Waals surface area contributed by atoms with Gasteiger partial charge < -0.3 is 0 Å². The van der Waals surface area contributed by atoms with Gasteiger partial charge in [-0.25, -0.2) is 4.39 Å². The van der Waals surface area contributed by atoms with Gasteiger partial charge in [-0.1, -0.05) is 15.9 Å². The Morgan fingerprint density at radius 2 is 1.90 bits per heavy atom. The minimum Gasteiger partial charge on any atom is -0.289 e. The number of carbonyl (C=O) groups is 1. The lowest BCUT2D eigenvalue weighted by Crippen LogP contribution is -2.14. The fourth-order valence-corrected chi connectivity index (χ4v) is 2.13. The van der Waals surface area contributed by atoms with Crippen LogP contribution < -0.4 is 0 Å². The van der Waals surface area contributed by atoms with Crippen LogP contribution in [0.25, 0.3) is 0 Å². The molecule has 7 heteroatoms. The van der Waals surface area contributed by atoms with Crippen LogP contribution in [-0.4, -0.2) is 10.8 Å². The van der Waals surface area contributed by atoms with E-state index in [1.165, 1.54) is 6.07 Å². The topological polar surface area (TPSA) is 30.0 Å². The van der Waals surface area contributed by atoms with Crippen molar-refractivity contribution in [1.82, 2.24) is 4.98 Å². The molecule has 0 saturated carbocycles. The first-order valence-electron chi connectivity index (χ1n) is 5.31. The van der Waals surface area contributed by atoms with Gasteiger partial charge in [0.2, 0.25) is 0 Å². The molecular formula is C13H6BrF4NO. The maximum Gasteiger partial charge on any atom is 0.417 e. The highest BCUT2D eigenvalue weighted by atomic mass is 79.9. The van der Waals surface area contributed by atoms with Crippen LogP contribution in [0.4, 0.5) is 17.6 Å². The lowest BCUT2D eigenvalue weighted by atomic mass is 10.00. The molecule has 1 heterocycles. The second-order valence-electron chi connectivity index (χ2n) is 3.91. The smallest absolute Gasteiger partial charge is 0.289 e. The number of carbonyl (C=O) groups excluding carboxylic acids is 1. The summed E-state index contributed by atoms with van der Waals surface area (Å²) in [6, 6.07) is 3.94. The molecule has 0 amide bonds. The summed E-state index contributed by atoms with van der Waals surface area (Å²) >= 11 is 2.98. The van der Waals surface area contributed by atoms with E-state index >= 15 is 0 Å². The molecule has 1 aromatic carbocycles. The third-order valence-electron chi connectivity index (χ3n) is 2.50. The van der Waals surface area contributed by atoms with Crippen molar-refractivity contribution < 1.29 is 22.4 Å². The van der Waals surface area contributed by atoms with Crippen molar-refractivity contribution >= 4 is 21.7 Å². The third kappa shape index (κ3) is 3.04. The molecule has 104 valence electrons. The van der Waals surface area contributed by atoms with E-state index in [0.29, 0.717) is 6.07 Å². The average molecular weight is 348 g/mol. The van der Waals surface area contributed by atoms with Gasteiger partial charge in [0, 0.05) is 22.4 Å². The number of aromatic nitrogens is 1. The van der Waals surface area contributed by atoms with E-state index in [1.807, 2.05) is 0 Å². The number of ketones is 1. The molecule has 20 heavy (non-hydrogen) atoms. The standard InChI is InChI=1S/C13H6BrF4NO/c14-8-3-7(4-9(15)5-8)12(20)10-6-19-2-1-11(10)13(16,17)18/h1-6H. The number of halogens is 5. The summed E-state index contributed by atoms with van der Waals surface area (Å²) in [7, 11) is 0. The van der Waals surface area contributed by atoms with Gasteiger partial charge in [-0.15, -0.1) is 0 Å². The highest BCUT2D eigenvalue weighted by Crippen LogP contribution is 2.32. The molecule has 0 N–H and O–H groups in total. The molecule has 0 radical (unpaired) electrons. The fraction of sp³-hybridized carbons (Fsp3) is 0.0769. The Bertz CT molecular complexity index is 649. The summed E-state index contributed by atoms with van der Waals surface area (Å²) in [5.41, 5.74) is -1.90. The second kappa shape index (κ2) is 5.32. The zero-order valence-corrected chi connectivity index (χ0v) is 11.3. The summed E-state index contributed by atoms with van der Waals surface area (Å²) in [4.78, 5) is 15.6. The lowest BCUT2D eigenvalue weighted by molar-refractivity contribution is -0.137. The van der Waals surface area contributed by atoms with Crippen LogP contribution in [0.3, 0.4) is 0 Å². The maximum atomic E-state index is 13.2. The van der Waals surface area contributed by atoms with Crippen LogP contribution in [0.5, 0.6) is 0 Å². The molecule has 0 saturated heterocycles. The number of benzene rings is 1. The molecule has 2 aromatic rings. The SMILES string of the molecule is O=C(c1cc(F)cc(Br)c1)c1cnccc1C(F)(F)F. The minimum absolute atomic E-state index is 0.185. The maximum absolute atomic E-state index is 13.2. The largest absolute Gasteiger partial charge is 0.417 e. The highest BCUT2D eigenvalue weighted by Gasteiger charge is 2.35. The monoisotopic (exact) mass is 347 g/mol. The Morgan fingerprint density at radius 3 is 2.50 bits per heavy atom. The lowest BCUT2D eigenvalue weighted by Gasteiger charge is -2.11. The van der Waals surface area contributed by atoms with Gasteiger partial charge in [0.25, 0.3) is 0 Å². The second-order valence-corrected chi connectivity index (χ2v) is 4.82. The van der Waals surface area contributed by atoms with E-state index in [0.717, 1.165) is 24.5 Å².